The van der Waals surface area contributed by atoms with E-state index < -0.39 is 0 Å². The molecule has 3 heterocycles. The number of amides is 1. The number of piperidine rings is 1. The highest BCUT2D eigenvalue weighted by Gasteiger charge is 2.33. The third kappa shape index (κ3) is 4.83. The average molecular weight is 513 g/mol. The summed E-state index contributed by atoms with van der Waals surface area (Å²) < 4.78 is 13.2. The number of morpholine rings is 1. The first-order chi connectivity index (χ1) is 18.6. The molecule has 0 unspecified atom stereocenters. The predicted octanol–water partition coefficient (Wildman–Crippen LogP) is 5.11. The fraction of sp³-hybridized carbons (Fsp3) is 0.419. The molecule has 7 heteroatoms. The van der Waals surface area contributed by atoms with E-state index in [4.69, 9.17) is 9.47 Å². The highest BCUT2D eigenvalue weighted by Crippen LogP contribution is 2.39. The Morgan fingerprint density at radius 3 is 2.71 bits per heavy atom. The summed E-state index contributed by atoms with van der Waals surface area (Å²) in [6.07, 6.45) is 10.8. The number of carbonyl (C=O) groups is 1. The van der Waals surface area contributed by atoms with Crippen LogP contribution in [-0.4, -0.2) is 60.3 Å². The van der Waals surface area contributed by atoms with Crippen LogP contribution in [0.4, 0.5) is 5.69 Å². The number of fused-ring (bicyclic) bond motifs is 1. The first-order valence-corrected chi connectivity index (χ1v) is 13.8. The van der Waals surface area contributed by atoms with E-state index in [2.05, 4.69) is 39.0 Å². The molecule has 0 spiro atoms. The number of ether oxygens (including phenoxy) is 2. The fourth-order valence-corrected chi connectivity index (χ4v) is 6.13. The Balaban J connectivity index is 1.24. The highest BCUT2D eigenvalue weighted by atomic mass is 16.5. The largest absolute Gasteiger partial charge is 0.495 e. The predicted molar refractivity (Wildman–Crippen MR) is 149 cm³/mol. The van der Waals surface area contributed by atoms with Gasteiger partial charge in [0.25, 0.3) is 0 Å². The van der Waals surface area contributed by atoms with E-state index in [1.807, 2.05) is 35.9 Å². The molecule has 1 aromatic heterocycles. The smallest absolute Gasteiger partial charge is 0.250 e. The molecule has 0 bridgehead atoms. The zero-order chi connectivity index (χ0) is 26.1. The van der Waals surface area contributed by atoms with E-state index in [0.29, 0.717) is 0 Å². The van der Waals surface area contributed by atoms with Crippen molar-refractivity contribution >= 4 is 17.7 Å². The summed E-state index contributed by atoms with van der Waals surface area (Å²) in [5.74, 6) is 0.925. The van der Waals surface area contributed by atoms with E-state index in [1.54, 1.807) is 13.4 Å². The fourth-order valence-electron chi connectivity index (χ4n) is 6.13. The van der Waals surface area contributed by atoms with Crippen LogP contribution < -0.4 is 9.64 Å². The second kappa shape index (κ2) is 10.7. The summed E-state index contributed by atoms with van der Waals surface area (Å²) in [5.41, 5.74) is 7.73. The van der Waals surface area contributed by atoms with Crippen molar-refractivity contribution in [2.75, 3.05) is 44.9 Å². The first kappa shape index (κ1) is 24.7. The van der Waals surface area contributed by atoms with Gasteiger partial charge < -0.3 is 23.8 Å². The molecule has 3 aliphatic rings. The van der Waals surface area contributed by atoms with Crippen molar-refractivity contribution in [3.05, 3.63) is 76.9 Å². The molecule has 7 nitrogen and oxygen atoms in total. The van der Waals surface area contributed by atoms with E-state index in [0.717, 1.165) is 93.2 Å². The second-order valence-corrected chi connectivity index (χ2v) is 10.5. The van der Waals surface area contributed by atoms with Crippen LogP contribution in [0.2, 0.25) is 0 Å². The molecule has 2 saturated heterocycles. The van der Waals surface area contributed by atoms with Gasteiger partial charge in [-0.3, -0.25) is 4.79 Å². The molecule has 2 fully saturated rings. The van der Waals surface area contributed by atoms with Crippen LogP contribution in [0.5, 0.6) is 5.75 Å². The van der Waals surface area contributed by atoms with Gasteiger partial charge in [0.1, 0.15) is 5.75 Å². The van der Waals surface area contributed by atoms with Gasteiger partial charge in [0.05, 0.1) is 44.1 Å². The molecule has 2 aromatic carbocycles. The maximum absolute atomic E-state index is 13.8. The number of benzene rings is 2. The second-order valence-electron chi connectivity index (χ2n) is 10.5. The Morgan fingerprint density at radius 2 is 1.92 bits per heavy atom. The zero-order valence-corrected chi connectivity index (χ0v) is 22.4. The van der Waals surface area contributed by atoms with Crippen LogP contribution in [0.15, 0.2) is 54.5 Å². The molecule has 2 aliphatic heterocycles. The van der Waals surface area contributed by atoms with Gasteiger partial charge in [-0.2, -0.15) is 0 Å². The summed E-state index contributed by atoms with van der Waals surface area (Å²) in [6, 6.07) is 13.1. The lowest BCUT2D eigenvalue weighted by molar-refractivity contribution is -0.131. The average Bonchev–Trinajstić information content (AvgIpc) is 3.40. The van der Waals surface area contributed by atoms with Gasteiger partial charge in [-0.1, -0.05) is 12.1 Å². The molecular weight excluding hydrogens is 476 g/mol. The van der Waals surface area contributed by atoms with Gasteiger partial charge in [-0.15, -0.1) is 0 Å². The lowest BCUT2D eigenvalue weighted by atomic mass is 9.85. The Hall–Kier alpha value is -3.58. The molecule has 1 atom stereocenters. The number of anilines is 1. The van der Waals surface area contributed by atoms with Gasteiger partial charge in [-0.05, 0) is 86.1 Å². The van der Waals surface area contributed by atoms with Crippen LogP contribution in [-0.2, 0) is 16.0 Å². The van der Waals surface area contributed by atoms with Gasteiger partial charge in [0, 0.05) is 37.1 Å². The molecule has 0 N–H and O–H groups in total. The monoisotopic (exact) mass is 512 g/mol. The summed E-state index contributed by atoms with van der Waals surface area (Å²) in [5, 5.41) is 0. The third-order valence-electron chi connectivity index (χ3n) is 8.08. The maximum Gasteiger partial charge on any atom is 0.250 e. The Labute approximate surface area is 224 Å². The van der Waals surface area contributed by atoms with Crippen molar-refractivity contribution in [2.45, 2.75) is 45.1 Å². The van der Waals surface area contributed by atoms with Gasteiger partial charge in [0.15, 0.2) is 0 Å². The minimum absolute atomic E-state index is 0.148. The van der Waals surface area contributed by atoms with Crippen LogP contribution in [0.25, 0.3) is 11.8 Å². The summed E-state index contributed by atoms with van der Waals surface area (Å²) in [6.45, 7) is 6.23. The molecule has 1 aliphatic carbocycles. The van der Waals surface area contributed by atoms with Crippen LogP contribution >= 0.6 is 0 Å². The van der Waals surface area contributed by atoms with Crippen molar-refractivity contribution in [1.82, 2.24) is 14.5 Å². The number of nitrogens with zero attached hydrogens (tertiary/aromatic N) is 4. The number of rotatable bonds is 5. The first-order valence-electron chi connectivity index (χ1n) is 13.8. The molecule has 0 saturated carbocycles. The van der Waals surface area contributed by atoms with Crippen LogP contribution in [0.1, 0.15) is 54.1 Å². The topological polar surface area (TPSA) is 59.8 Å². The Morgan fingerprint density at radius 1 is 1.05 bits per heavy atom. The van der Waals surface area contributed by atoms with Gasteiger partial charge in [-0.25, -0.2) is 4.98 Å². The number of carbonyl (C=O) groups excluding carboxylic acids is 1. The maximum atomic E-state index is 13.8. The third-order valence-corrected chi connectivity index (χ3v) is 8.08. The van der Waals surface area contributed by atoms with Gasteiger partial charge in [0.2, 0.25) is 5.91 Å². The number of aromatic nitrogens is 2. The molecule has 38 heavy (non-hydrogen) atoms. The summed E-state index contributed by atoms with van der Waals surface area (Å²) in [7, 11) is 1.68. The van der Waals surface area contributed by atoms with Crippen molar-refractivity contribution < 1.29 is 14.3 Å². The lowest BCUT2D eigenvalue weighted by Gasteiger charge is -2.39. The highest BCUT2D eigenvalue weighted by molar-refractivity contribution is 5.99. The number of methoxy groups -OCH3 is 1. The van der Waals surface area contributed by atoms with E-state index in [-0.39, 0.29) is 11.9 Å². The molecule has 6 rings (SSSR count). The van der Waals surface area contributed by atoms with Crippen LogP contribution in [0, 0.1) is 6.92 Å². The van der Waals surface area contributed by atoms with Crippen molar-refractivity contribution in [1.29, 1.82) is 0 Å². The normalized spacial score (nSPS) is 21.1. The summed E-state index contributed by atoms with van der Waals surface area (Å²) in [4.78, 5) is 22.7. The van der Waals surface area contributed by atoms with Crippen molar-refractivity contribution in [3.8, 4) is 11.4 Å². The molecule has 1 amide bonds. The molecule has 0 radical (unpaired) electrons. The molecule has 3 aromatic rings. The number of likely N-dealkylation sites (tertiary alicyclic amines) is 1. The Bertz CT molecular complexity index is 1350. The van der Waals surface area contributed by atoms with E-state index in [1.165, 1.54) is 16.8 Å². The SMILES string of the molecule is COc1cc(/C=C2\CCCN([C@@H]3CCCc4cc(N5CCOCC5)ccc43)C2=O)ccc1-n1cnc(C)c1. The zero-order valence-electron chi connectivity index (χ0n) is 22.4. The standard InChI is InChI=1S/C31H36N4O3/c1-22-20-34(21-32-22)29-11-8-23(18-30(29)37-2)17-25-6-4-12-35(31(25)36)28-7-3-5-24-19-26(9-10-27(24)28)33-13-15-38-16-14-33/h8-11,17-21,28H,3-7,12-16H2,1-2H3/b25-17+/t28-/m1/s1. The quantitative estimate of drug-likeness (QED) is 0.445. The minimum Gasteiger partial charge on any atom is -0.495 e. The van der Waals surface area contributed by atoms with Crippen LogP contribution in [0.3, 0.4) is 0 Å². The van der Waals surface area contributed by atoms with E-state index in [9.17, 15) is 4.79 Å². The lowest BCUT2D eigenvalue weighted by Crippen LogP contribution is -2.41. The number of imidazole rings is 1. The van der Waals surface area contributed by atoms with Crippen molar-refractivity contribution in [2.24, 2.45) is 0 Å². The van der Waals surface area contributed by atoms with Gasteiger partial charge >= 0.3 is 0 Å². The van der Waals surface area contributed by atoms with Crippen molar-refractivity contribution in [3.63, 3.8) is 0 Å². The molecule has 198 valence electrons. The number of hydrogen-bond donors (Lipinski definition) is 0. The Kier molecular flexibility index (Phi) is 6.94. The number of aryl methyl sites for hydroxylation is 2. The number of hydrogen-bond acceptors (Lipinski definition) is 5. The molecular formula is C31H36N4O3. The van der Waals surface area contributed by atoms with E-state index >= 15 is 0 Å². The minimum atomic E-state index is 0.148. The summed E-state index contributed by atoms with van der Waals surface area (Å²) >= 11 is 0.